The molecule has 3 N–H and O–H groups in total. The van der Waals surface area contributed by atoms with E-state index in [-0.39, 0.29) is 23.2 Å². The van der Waals surface area contributed by atoms with Gasteiger partial charge in [-0.3, -0.25) is 9.59 Å². The molecule has 0 bridgehead atoms. The van der Waals surface area contributed by atoms with Crippen LogP contribution in [0.2, 0.25) is 0 Å². The number of aromatic amines is 1. The first-order chi connectivity index (χ1) is 13.1. The number of rotatable bonds is 6. The quantitative estimate of drug-likeness (QED) is 0.453. The SMILES string of the molecule is C=CCCn1cc(C#CC(C)(C)C(N)=O)c2c(C(=O)OCC)c(C)[nH]c2c1=O. The van der Waals surface area contributed by atoms with E-state index in [1.807, 2.05) is 0 Å². The zero-order valence-corrected chi connectivity index (χ0v) is 16.6. The number of nitrogens with two attached hydrogens (primary N) is 1. The average molecular weight is 383 g/mol. The maximum atomic E-state index is 12.9. The van der Waals surface area contributed by atoms with Gasteiger partial charge in [-0.15, -0.1) is 6.58 Å². The molecule has 7 nitrogen and oxygen atoms in total. The fraction of sp³-hybridized carbons (Fsp3) is 0.381. The lowest BCUT2D eigenvalue weighted by Gasteiger charge is -2.12. The summed E-state index contributed by atoms with van der Waals surface area (Å²) >= 11 is 0. The number of primary amides is 1. The first-order valence-electron chi connectivity index (χ1n) is 9.00. The Morgan fingerprint density at radius 1 is 1.43 bits per heavy atom. The van der Waals surface area contributed by atoms with Crippen LogP contribution in [-0.4, -0.2) is 28.0 Å². The summed E-state index contributed by atoms with van der Waals surface area (Å²) < 4.78 is 6.66. The lowest BCUT2D eigenvalue weighted by molar-refractivity contribution is -0.123. The van der Waals surface area contributed by atoms with Crippen LogP contribution in [0.25, 0.3) is 10.9 Å². The van der Waals surface area contributed by atoms with Crippen LogP contribution in [0.1, 0.15) is 48.8 Å². The maximum absolute atomic E-state index is 12.9. The standard InChI is InChI=1S/C21H25N3O4/c1-6-8-11-24-12-14(9-10-21(4,5)20(22)27)16-15(19(26)28-7-2)13(3)23-17(16)18(24)25/h6,12,23H,1,7-8,11H2,2-5H3,(H2,22,27). The van der Waals surface area contributed by atoms with Crippen LogP contribution in [-0.2, 0) is 16.1 Å². The van der Waals surface area contributed by atoms with E-state index in [2.05, 4.69) is 23.4 Å². The number of nitrogens with one attached hydrogen (secondary N) is 1. The molecule has 2 heterocycles. The van der Waals surface area contributed by atoms with Crippen molar-refractivity contribution in [1.82, 2.24) is 9.55 Å². The minimum Gasteiger partial charge on any atom is -0.462 e. The molecule has 2 aromatic rings. The third-order valence-electron chi connectivity index (χ3n) is 4.40. The number of aryl methyl sites for hydroxylation is 2. The Morgan fingerprint density at radius 3 is 2.68 bits per heavy atom. The van der Waals surface area contributed by atoms with Gasteiger partial charge in [0.1, 0.15) is 10.9 Å². The minimum atomic E-state index is -1.07. The van der Waals surface area contributed by atoms with Gasteiger partial charge in [-0.05, 0) is 34.1 Å². The molecule has 0 atom stereocenters. The van der Waals surface area contributed by atoms with Crippen molar-refractivity contribution in [3.05, 3.63) is 46.0 Å². The highest BCUT2D eigenvalue weighted by molar-refractivity contribution is 6.07. The number of H-pyrrole nitrogens is 1. The molecule has 0 aromatic carbocycles. The first kappa shape index (κ1) is 21.0. The molecule has 0 unspecified atom stereocenters. The molecule has 28 heavy (non-hydrogen) atoms. The molecule has 1 amide bonds. The summed E-state index contributed by atoms with van der Waals surface area (Å²) in [6, 6.07) is 0. The van der Waals surface area contributed by atoms with Crippen molar-refractivity contribution in [3.8, 4) is 11.8 Å². The zero-order valence-electron chi connectivity index (χ0n) is 16.6. The molecular weight excluding hydrogens is 358 g/mol. The molecule has 7 heteroatoms. The summed E-state index contributed by atoms with van der Waals surface area (Å²) in [5.74, 6) is 4.69. The summed E-state index contributed by atoms with van der Waals surface area (Å²) in [6.45, 7) is 10.9. The summed E-state index contributed by atoms with van der Waals surface area (Å²) in [5, 5.41) is 0.392. The van der Waals surface area contributed by atoms with E-state index in [4.69, 9.17) is 10.5 Å². The normalized spacial score (nSPS) is 11.0. The van der Waals surface area contributed by atoms with Crippen molar-refractivity contribution >= 4 is 22.8 Å². The van der Waals surface area contributed by atoms with Gasteiger partial charge in [0.25, 0.3) is 5.56 Å². The fourth-order valence-electron chi connectivity index (χ4n) is 2.71. The van der Waals surface area contributed by atoms with Gasteiger partial charge in [0, 0.05) is 23.8 Å². The van der Waals surface area contributed by atoms with E-state index in [0.717, 1.165) is 0 Å². The molecule has 0 saturated heterocycles. The van der Waals surface area contributed by atoms with E-state index < -0.39 is 17.3 Å². The molecule has 2 rings (SSSR count). The monoisotopic (exact) mass is 383 g/mol. The van der Waals surface area contributed by atoms with Crippen molar-refractivity contribution in [2.24, 2.45) is 11.1 Å². The Hall–Kier alpha value is -3.27. The lowest BCUT2D eigenvalue weighted by atomic mass is 9.93. The number of amides is 1. The van der Waals surface area contributed by atoms with Crippen molar-refractivity contribution in [1.29, 1.82) is 0 Å². The Balaban J connectivity index is 2.84. The number of hydrogen-bond donors (Lipinski definition) is 2. The van der Waals surface area contributed by atoms with Crippen LogP contribution in [0, 0.1) is 24.2 Å². The number of allylic oxidation sites excluding steroid dienone is 1. The van der Waals surface area contributed by atoms with Crippen LogP contribution < -0.4 is 11.3 Å². The molecule has 148 valence electrons. The molecule has 0 aliphatic carbocycles. The molecule has 0 fully saturated rings. The highest BCUT2D eigenvalue weighted by atomic mass is 16.5. The van der Waals surface area contributed by atoms with E-state index in [0.29, 0.717) is 29.6 Å². The smallest absolute Gasteiger partial charge is 0.340 e. The Morgan fingerprint density at radius 2 is 2.11 bits per heavy atom. The summed E-state index contributed by atoms with van der Waals surface area (Å²) in [7, 11) is 0. The van der Waals surface area contributed by atoms with Gasteiger partial charge in [0.05, 0.1) is 17.7 Å². The first-order valence-corrected chi connectivity index (χ1v) is 9.00. The van der Waals surface area contributed by atoms with Gasteiger partial charge in [-0.1, -0.05) is 17.9 Å². The Bertz CT molecular complexity index is 1060. The van der Waals surface area contributed by atoms with Crippen LogP contribution in [0.3, 0.4) is 0 Å². The van der Waals surface area contributed by atoms with Crippen LogP contribution >= 0.6 is 0 Å². The van der Waals surface area contributed by atoms with Gasteiger partial charge in [0.2, 0.25) is 5.91 Å². The number of nitrogens with zero attached hydrogens (tertiary/aromatic N) is 1. The van der Waals surface area contributed by atoms with Crippen LogP contribution in [0.4, 0.5) is 0 Å². The summed E-state index contributed by atoms with van der Waals surface area (Å²) in [4.78, 5) is 39.9. The van der Waals surface area contributed by atoms with Crippen molar-refractivity contribution in [3.63, 3.8) is 0 Å². The number of pyridine rings is 1. The molecule has 0 spiro atoms. The van der Waals surface area contributed by atoms with E-state index in [1.165, 1.54) is 4.57 Å². The third kappa shape index (κ3) is 4.01. The Labute approximate surface area is 163 Å². The van der Waals surface area contributed by atoms with Gasteiger partial charge in [-0.2, -0.15) is 0 Å². The molecular formula is C21H25N3O4. The average Bonchev–Trinajstić information content (AvgIpc) is 2.98. The predicted octanol–water partition coefficient (Wildman–Crippen LogP) is 2.25. The lowest BCUT2D eigenvalue weighted by Crippen LogP contribution is -2.30. The minimum absolute atomic E-state index is 0.205. The van der Waals surface area contributed by atoms with E-state index in [1.54, 1.807) is 40.0 Å². The summed E-state index contributed by atoms with van der Waals surface area (Å²) in [6.07, 6.45) is 3.89. The van der Waals surface area contributed by atoms with Gasteiger partial charge >= 0.3 is 5.97 Å². The topological polar surface area (TPSA) is 107 Å². The van der Waals surface area contributed by atoms with Crippen molar-refractivity contribution < 1.29 is 14.3 Å². The highest BCUT2D eigenvalue weighted by Gasteiger charge is 2.24. The molecule has 0 aliphatic heterocycles. The number of aromatic nitrogens is 2. The number of esters is 1. The highest BCUT2D eigenvalue weighted by Crippen LogP contribution is 2.25. The molecule has 0 radical (unpaired) electrons. The van der Waals surface area contributed by atoms with Crippen molar-refractivity contribution in [2.75, 3.05) is 6.61 Å². The van der Waals surface area contributed by atoms with E-state index >= 15 is 0 Å². The van der Waals surface area contributed by atoms with Gasteiger partial charge in [0.15, 0.2) is 0 Å². The number of fused-ring (bicyclic) bond motifs is 1. The maximum Gasteiger partial charge on any atom is 0.340 e. The second-order valence-corrected chi connectivity index (χ2v) is 6.95. The number of ether oxygens (including phenoxy) is 1. The fourth-order valence-corrected chi connectivity index (χ4v) is 2.71. The predicted molar refractivity (Wildman–Crippen MR) is 108 cm³/mol. The number of carbonyl (C=O) groups is 2. The summed E-state index contributed by atoms with van der Waals surface area (Å²) in [5.41, 5.74) is 5.57. The molecule has 0 saturated carbocycles. The third-order valence-corrected chi connectivity index (χ3v) is 4.40. The van der Waals surface area contributed by atoms with Gasteiger partial charge < -0.3 is 20.0 Å². The Kier molecular flexibility index (Phi) is 6.14. The molecule has 0 aliphatic rings. The second-order valence-electron chi connectivity index (χ2n) is 6.95. The van der Waals surface area contributed by atoms with Crippen LogP contribution in [0.15, 0.2) is 23.6 Å². The van der Waals surface area contributed by atoms with E-state index in [9.17, 15) is 14.4 Å². The molecule has 2 aromatic heterocycles. The number of hydrogen-bond acceptors (Lipinski definition) is 4. The largest absolute Gasteiger partial charge is 0.462 e. The van der Waals surface area contributed by atoms with Crippen LogP contribution in [0.5, 0.6) is 0 Å². The van der Waals surface area contributed by atoms with Gasteiger partial charge in [-0.25, -0.2) is 4.79 Å². The van der Waals surface area contributed by atoms with Crippen molar-refractivity contribution in [2.45, 2.75) is 40.7 Å². The second kappa shape index (κ2) is 8.17. The number of carbonyl (C=O) groups excluding carboxylic acids is 2. The zero-order chi connectivity index (χ0) is 21.1.